The third-order valence-electron chi connectivity index (χ3n) is 4.06. The summed E-state index contributed by atoms with van der Waals surface area (Å²) in [5.41, 5.74) is 2.16. The predicted molar refractivity (Wildman–Crippen MR) is 79.7 cm³/mol. The number of rotatable bonds is 2. The molecule has 0 fully saturated rings. The van der Waals surface area contributed by atoms with Crippen molar-refractivity contribution in [2.24, 2.45) is 0 Å². The van der Waals surface area contributed by atoms with Crippen LogP contribution in [0, 0.1) is 13.8 Å². The maximum atomic E-state index is 12.6. The zero-order chi connectivity index (χ0) is 15.4. The van der Waals surface area contributed by atoms with Gasteiger partial charge in [0.25, 0.3) is 0 Å². The lowest BCUT2D eigenvalue weighted by molar-refractivity contribution is -0.119. The number of nitrogens with one attached hydrogen (secondary N) is 1. The van der Waals surface area contributed by atoms with Crippen LogP contribution in [0.25, 0.3) is 0 Å². The molecule has 2 aromatic rings. The molecule has 0 saturated heterocycles. The Morgan fingerprint density at radius 3 is 2.52 bits per heavy atom. The molecule has 0 aliphatic carbocycles. The molecule has 1 aromatic heterocycles. The highest BCUT2D eigenvalue weighted by atomic mass is 16.3. The summed E-state index contributed by atoms with van der Waals surface area (Å²) in [6.45, 7) is 7.31. The number of benzene rings is 1. The molecule has 0 saturated carbocycles. The summed E-state index contributed by atoms with van der Waals surface area (Å²) in [4.78, 5) is 24.6. The van der Waals surface area contributed by atoms with E-state index in [1.165, 1.54) is 0 Å². The highest BCUT2D eigenvalue weighted by molar-refractivity contribution is 6.12. The molecule has 0 spiro atoms. The number of carbonyl (C=O) groups is 2. The number of aryl methyl sites for hydroxylation is 2. The van der Waals surface area contributed by atoms with E-state index in [2.05, 4.69) is 5.32 Å². The van der Waals surface area contributed by atoms with E-state index in [0.717, 1.165) is 11.3 Å². The minimum Gasteiger partial charge on any atom is -0.466 e. The van der Waals surface area contributed by atoms with Crippen LogP contribution < -0.4 is 5.32 Å². The Hall–Kier alpha value is -2.36. The van der Waals surface area contributed by atoms with E-state index in [4.69, 9.17) is 4.42 Å². The normalized spacial score (nSPS) is 15.7. The van der Waals surface area contributed by atoms with Crippen molar-refractivity contribution in [2.75, 3.05) is 5.32 Å². The number of anilines is 1. The van der Waals surface area contributed by atoms with Crippen LogP contribution in [0.3, 0.4) is 0 Å². The van der Waals surface area contributed by atoms with Gasteiger partial charge in [0.05, 0.1) is 11.0 Å². The minimum atomic E-state index is -0.618. The maximum Gasteiger partial charge on any atom is 0.234 e. The Kier molecular flexibility index (Phi) is 2.80. The first-order chi connectivity index (χ1) is 9.80. The van der Waals surface area contributed by atoms with Crippen molar-refractivity contribution in [3.05, 3.63) is 52.5 Å². The number of hydrogen-bond donors (Lipinski definition) is 1. The molecule has 108 valence electrons. The standard InChI is InChI=1S/C17H17NO3/c1-9-7-12(10(2)21-9)15(19)11-5-6-14-13(8-11)17(3,4)16(20)18-14/h5-8H,1-4H3,(H,18,20). The average Bonchev–Trinajstić information content (AvgIpc) is 2.87. The molecule has 1 aliphatic rings. The third kappa shape index (κ3) is 1.98. The molecule has 0 bridgehead atoms. The van der Waals surface area contributed by atoms with Gasteiger partial charge in [-0.25, -0.2) is 0 Å². The summed E-state index contributed by atoms with van der Waals surface area (Å²) in [5.74, 6) is 1.21. The van der Waals surface area contributed by atoms with Gasteiger partial charge >= 0.3 is 0 Å². The van der Waals surface area contributed by atoms with Crippen LogP contribution in [0.4, 0.5) is 5.69 Å². The van der Waals surface area contributed by atoms with Crippen molar-refractivity contribution >= 4 is 17.4 Å². The summed E-state index contributed by atoms with van der Waals surface area (Å²) < 4.78 is 5.42. The molecule has 1 N–H and O–H groups in total. The number of furan rings is 1. The molecule has 4 nitrogen and oxygen atoms in total. The first kappa shape index (κ1) is 13.6. The van der Waals surface area contributed by atoms with E-state index < -0.39 is 5.41 Å². The van der Waals surface area contributed by atoms with E-state index in [1.807, 2.05) is 20.8 Å². The molecule has 2 heterocycles. The summed E-state index contributed by atoms with van der Waals surface area (Å²) in [6.07, 6.45) is 0. The molecular formula is C17H17NO3. The maximum absolute atomic E-state index is 12.6. The second kappa shape index (κ2) is 4.32. The smallest absolute Gasteiger partial charge is 0.234 e. The van der Waals surface area contributed by atoms with Gasteiger partial charge in [-0.05, 0) is 57.5 Å². The zero-order valence-corrected chi connectivity index (χ0v) is 12.5. The highest BCUT2D eigenvalue weighted by Gasteiger charge is 2.38. The monoisotopic (exact) mass is 283 g/mol. The summed E-state index contributed by atoms with van der Waals surface area (Å²) in [7, 11) is 0. The molecule has 0 radical (unpaired) electrons. The number of carbonyl (C=O) groups excluding carboxylic acids is 2. The first-order valence-electron chi connectivity index (χ1n) is 6.88. The van der Waals surface area contributed by atoms with Gasteiger partial charge in [0.1, 0.15) is 11.5 Å². The van der Waals surface area contributed by atoms with Crippen molar-refractivity contribution in [3.63, 3.8) is 0 Å². The van der Waals surface area contributed by atoms with Gasteiger partial charge in [-0.1, -0.05) is 0 Å². The van der Waals surface area contributed by atoms with Crippen LogP contribution in [0.15, 0.2) is 28.7 Å². The van der Waals surface area contributed by atoms with Crippen LogP contribution in [0.5, 0.6) is 0 Å². The largest absolute Gasteiger partial charge is 0.466 e. The van der Waals surface area contributed by atoms with Gasteiger partial charge in [0, 0.05) is 11.3 Å². The summed E-state index contributed by atoms with van der Waals surface area (Å²) >= 11 is 0. The van der Waals surface area contributed by atoms with Crippen molar-refractivity contribution in [2.45, 2.75) is 33.1 Å². The second-order valence-electron chi connectivity index (χ2n) is 6.00. The zero-order valence-electron chi connectivity index (χ0n) is 12.5. The van der Waals surface area contributed by atoms with Gasteiger partial charge in [0.15, 0.2) is 5.78 Å². The van der Waals surface area contributed by atoms with Crippen molar-refractivity contribution in [3.8, 4) is 0 Å². The van der Waals surface area contributed by atoms with E-state index in [1.54, 1.807) is 31.2 Å². The summed E-state index contributed by atoms with van der Waals surface area (Å²) in [6, 6.07) is 7.08. The number of amides is 1. The molecule has 21 heavy (non-hydrogen) atoms. The Morgan fingerprint density at radius 1 is 1.19 bits per heavy atom. The Morgan fingerprint density at radius 2 is 1.90 bits per heavy atom. The molecule has 4 heteroatoms. The Labute approximate surface area is 123 Å². The van der Waals surface area contributed by atoms with Crippen LogP contribution >= 0.6 is 0 Å². The molecule has 0 unspecified atom stereocenters. The van der Waals surface area contributed by atoms with E-state index in [0.29, 0.717) is 22.6 Å². The molecule has 1 amide bonds. The lowest BCUT2D eigenvalue weighted by atomic mass is 9.84. The van der Waals surface area contributed by atoms with Crippen LogP contribution in [-0.2, 0) is 10.2 Å². The fourth-order valence-electron chi connectivity index (χ4n) is 2.72. The topological polar surface area (TPSA) is 59.3 Å². The molecule has 0 atom stereocenters. The van der Waals surface area contributed by atoms with E-state index >= 15 is 0 Å². The van der Waals surface area contributed by atoms with Gasteiger partial charge in [-0.3, -0.25) is 9.59 Å². The van der Waals surface area contributed by atoms with Crippen molar-refractivity contribution in [1.82, 2.24) is 0 Å². The Bertz CT molecular complexity index is 768. The minimum absolute atomic E-state index is 0.0440. The average molecular weight is 283 g/mol. The first-order valence-corrected chi connectivity index (χ1v) is 6.88. The fourth-order valence-corrected chi connectivity index (χ4v) is 2.72. The Balaban J connectivity index is 2.06. The van der Waals surface area contributed by atoms with Gasteiger partial charge in [-0.2, -0.15) is 0 Å². The predicted octanol–water partition coefficient (Wildman–Crippen LogP) is 3.36. The summed E-state index contributed by atoms with van der Waals surface area (Å²) in [5, 5.41) is 2.84. The van der Waals surface area contributed by atoms with Gasteiger partial charge < -0.3 is 9.73 Å². The van der Waals surface area contributed by atoms with Crippen molar-refractivity contribution in [1.29, 1.82) is 0 Å². The number of fused-ring (bicyclic) bond motifs is 1. The lowest BCUT2D eigenvalue weighted by Gasteiger charge is -2.15. The van der Waals surface area contributed by atoms with Crippen LogP contribution in [0.2, 0.25) is 0 Å². The fraction of sp³-hybridized carbons (Fsp3) is 0.294. The number of ketones is 1. The number of hydrogen-bond acceptors (Lipinski definition) is 3. The molecular weight excluding hydrogens is 266 g/mol. The highest BCUT2D eigenvalue weighted by Crippen LogP contribution is 2.38. The quantitative estimate of drug-likeness (QED) is 0.860. The third-order valence-corrected chi connectivity index (χ3v) is 4.06. The SMILES string of the molecule is Cc1cc(C(=O)c2ccc3c(c2)C(C)(C)C(=O)N3)c(C)o1. The molecule has 1 aromatic carbocycles. The lowest BCUT2D eigenvalue weighted by Crippen LogP contribution is -2.27. The van der Waals surface area contributed by atoms with Gasteiger partial charge in [0.2, 0.25) is 5.91 Å². The second-order valence-corrected chi connectivity index (χ2v) is 6.00. The van der Waals surface area contributed by atoms with Gasteiger partial charge in [-0.15, -0.1) is 0 Å². The van der Waals surface area contributed by atoms with E-state index in [-0.39, 0.29) is 11.7 Å². The van der Waals surface area contributed by atoms with Crippen LogP contribution in [0.1, 0.15) is 46.9 Å². The van der Waals surface area contributed by atoms with Crippen LogP contribution in [-0.4, -0.2) is 11.7 Å². The van der Waals surface area contributed by atoms with E-state index in [9.17, 15) is 9.59 Å². The van der Waals surface area contributed by atoms with Crippen molar-refractivity contribution < 1.29 is 14.0 Å². The molecule has 3 rings (SSSR count). The molecule has 1 aliphatic heterocycles.